The quantitative estimate of drug-likeness (QED) is 0.0544. The van der Waals surface area contributed by atoms with Gasteiger partial charge >= 0.3 is 0 Å². The van der Waals surface area contributed by atoms with Crippen LogP contribution in [0, 0.1) is 0 Å². The van der Waals surface area contributed by atoms with Gasteiger partial charge < -0.3 is 11.5 Å². The van der Waals surface area contributed by atoms with E-state index in [0.29, 0.717) is 11.8 Å². The Balaban J connectivity index is 0.957. The van der Waals surface area contributed by atoms with Gasteiger partial charge in [0.05, 0.1) is 0 Å². The van der Waals surface area contributed by atoms with E-state index >= 15 is 0 Å². The van der Waals surface area contributed by atoms with Crippen molar-refractivity contribution in [2.75, 3.05) is 11.5 Å². The largest absolute Gasteiger partial charge is 0.399 e. The number of benzene rings is 4. The Morgan fingerprint density at radius 1 is 0.340 bits per heavy atom. The van der Waals surface area contributed by atoms with Gasteiger partial charge in [0.25, 0.3) is 0 Å². The SMILES string of the molecule is CCCC(c1ccc(N)cc1)c1ccc(CCCCCCCCCCCCCCCCc2ccc(C(CCC)c3ccc(N)cc3)cc2)cc1. The van der Waals surface area contributed by atoms with Gasteiger partial charge in [-0.05, 0) is 96.2 Å². The summed E-state index contributed by atoms with van der Waals surface area (Å²) >= 11 is 0. The molecule has 0 fully saturated rings. The first-order chi connectivity index (χ1) is 24.6. The summed E-state index contributed by atoms with van der Waals surface area (Å²) in [5.74, 6) is 0.929. The topological polar surface area (TPSA) is 52.0 Å². The fraction of sp³-hybridized carbons (Fsp3) is 0.500. The van der Waals surface area contributed by atoms with Crippen LogP contribution in [0.3, 0.4) is 0 Å². The minimum atomic E-state index is 0.464. The van der Waals surface area contributed by atoms with Crippen LogP contribution in [0.4, 0.5) is 11.4 Å². The summed E-state index contributed by atoms with van der Waals surface area (Å²) in [6.07, 6.45) is 26.6. The van der Waals surface area contributed by atoms with Gasteiger partial charge in [-0.3, -0.25) is 0 Å². The lowest BCUT2D eigenvalue weighted by Crippen LogP contribution is -2.01. The van der Waals surface area contributed by atoms with E-state index in [1.807, 2.05) is 24.3 Å². The first kappa shape index (κ1) is 39.3. The molecular formula is C48H68N2. The van der Waals surface area contributed by atoms with Gasteiger partial charge in [0.15, 0.2) is 0 Å². The summed E-state index contributed by atoms with van der Waals surface area (Å²) in [5.41, 5.74) is 22.1. The number of rotatable bonds is 25. The highest BCUT2D eigenvalue weighted by atomic mass is 14.5. The van der Waals surface area contributed by atoms with Gasteiger partial charge in [0.2, 0.25) is 0 Å². The van der Waals surface area contributed by atoms with Crippen LogP contribution in [0.1, 0.15) is 175 Å². The van der Waals surface area contributed by atoms with Crippen LogP contribution in [0.25, 0.3) is 0 Å². The lowest BCUT2D eigenvalue weighted by atomic mass is 9.87. The maximum absolute atomic E-state index is 5.92. The Morgan fingerprint density at radius 3 is 0.840 bits per heavy atom. The Morgan fingerprint density at radius 2 is 0.580 bits per heavy atom. The fourth-order valence-corrected chi connectivity index (χ4v) is 7.70. The predicted octanol–water partition coefficient (Wildman–Crippen LogP) is 14.0. The molecule has 4 rings (SSSR count). The van der Waals surface area contributed by atoms with Gasteiger partial charge in [-0.2, -0.15) is 0 Å². The molecule has 0 saturated heterocycles. The monoisotopic (exact) mass is 673 g/mol. The van der Waals surface area contributed by atoms with Crippen molar-refractivity contribution < 1.29 is 0 Å². The molecule has 2 nitrogen and oxygen atoms in total. The number of nitrogen functional groups attached to an aromatic ring is 2. The zero-order valence-corrected chi connectivity index (χ0v) is 31.7. The van der Waals surface area contributed by atoms with E-state index in [0.717, 1.165) is 11.4 Å². The highest BCUT2D eigenvalue weighted by Crippen LogP contribution is 2.31. The molecule has 0 amide bonds. The number of anilines is 2. The van der Waals surface area contributed by atoms with E-state index in [1.165, 1.54) is 162 Å². The van der Waals surface area contributed by atoms with E-state index in [4.69, 9.17) is 11.5 Å². The number of nitrogens with two attached hydrogens (primary N) is 2. The average molecular weight is 673 g/mol. The van der Waals surface area contributed by atoms with Crippen LogP contribution in [-0.2, 0) is 12.8 Å². The zero-order valence-electron chi connectivity index (χ0n) is 31.7. The van der Waals surface area contributed by atoms with Crippen LogP contribution in [-0.4, -0.2) is 0 Å². The van der Waals surface area contributed by atoms with Crippen molar-refractivity contribution in [1.29, 1.82) is 0 Å². The van der Waals surface area contributed by atoms with Gasteiger partial charge in [-0.1, -0.05) is 177 Å². The second kappa shape index (κ2) is 23.0. The van der Waals surface area contributed by atoms with Gasteiger partial charge in [-0.15, -0.1) is 0 Å². The summed E-state index contributed by atoms with van der Waals surface area (Å²) in [6, 6.07) is 35.8. The summed E-state index contributed by atoms with van der Waals surface area (Å²) in [7, 11) is 0. The van der Waals surface area contributed by atoms with Gasteiger partial charge in [-0.25, -0.2) is 0 Å². The van der Waals surface area contributed by atoms with Crippen LogP contribution < -0.4 is 11.5 Å². The Kier molecular flexibility index (Phi) is 18.1. The van der Waals surface area contributed by atoms with Crippen LogP contribution in [0.15, 0.2) is 97.1 Å². The third kappa shape index (κ3) is 14.0. The van der Waals surface area contributed by atoms with Crippen LogP contribution in [0.5, 0.6) is 0 Å². The van der Waals surface area contributed by atoms with Crippen molar-refractivity contribution in [3.8, 4) is 0 Å². The van der Waals surface area contributed by atoms with Crippen molar-refractivity contribution in [3.63, 3.8) is 0 Å². The highest BCUT2D eigenvalue weighted by Gasteiger charge is 2.14. The Hall–Kier alpha value is -3.52. The van der Waals surface area contributed by atoms with E-state index in [-0.39, 0.29) is 0 Å². The zero-order chi connectivity index (χ0) is 35.2. The Labute approximate surface area is 306 Å². The third-order valence-electron chi connectivity index (χ3n) is 10.8. The standard InChI is InChI=1S/C48H68N2/c1-3-19-47(43-31-35-45(49)36-32-43)41-27-23-39(24-28-41)21-17-15-13-11-9-7-5-6-8-10-12-14-16-18-22-40-25-29-42(30-26-40)48(20-4-2)44-33-37-46(50)38-34-44/h23-38,47-48H,3-22,49-50H2,1-2H3. The lowest BCUT2D eigenvalue weighted by Gasteiger charge is -2.18. The molecule has 4 aromatic rings. The van der Waals surface area contributed by atoms with Crippen molar-refractivity contribution in [3.05, 3.63) is 130 Å². The molecule has 4 N–H and O–H groups in total. The minimum Gasteiger partial charge on any atom is -0.399 e. The molecule has 4 aromatic carbocycles. The molecule has 0 aromatic heterocycles. The van der Waals surface area contributed by atoms with Gasteiger partial charge in [0.1, 0.15) is 0 Å². The molecule has 270 valence electrons. The fourth-order valence-electron chi connectivity index (χ4n) is 7.70. The smallest absolute Gasteiger partial charge is 0.0314 e. The third-order valence-corrected chi connectivity index (χ3v) is 10.8. The summed E-state index contributed by atoms with van der Waals surface area (Å²) in [4.78, 5) is 0. The number of hydrogen-bond donors (Lipinski definition) is 2. The molecule has 0 radical (unpaired) electrons. The lowest BCUT2D eigenvalue weighted by molar-refractivity contribution is 0.533. The molecular weight excluding hydrogens is 605 g/mol. The second-order valence-corrected chi connectivity index (χ2v) is 14.9. The molecule has 0 aliphatic carbocycles. The maximum Gasteiger partial charge on any atom is 0.0314 e. The maximum atomic E-state index is 5.92. The Bertz CT molecular complexity index is 1310. The molecule has 0 aliphatic heterocycles. The van der Waals surface area contributed by atoms with Crippen LogP contribution in [0.2, 0.25) is 0 Å². The van der Waals surface area contributed by atoms with Crippen molar-refractivity contribution in [2.45, 2.75) is 154 Å². The van der Waals surface area contributed by atoms with Gasteiger partial charge in [0, 0.05) is 23.2 Å². The van der Waals surface area contributed by atoms with E-state index in [2.05, 4.69) is 86.6 Å². The summed E-state index contributed by atoms with van der Waals surface area (Å²) in [5, 5.41) is 0. The molecule has 50 heavy (non-hydrogen) atoms. The van der Waals surface area contributed by atoms with E-state index in [1.54, 1.807) is 0 Å². The van der Waals surface area contributed by atoms with Crippen molar-refractivity contribution >= 4 is 11.4 Å². The molecule has 2 atom stereocenters. The summed E-state index contributed by atoms with van der Waals surface area (Å²) in [6.45, 7) is 4.55. The normalized spacial score (nSPS) is 12.6. The minimum absolute atomic E-state index is 0.464. The molecule has 0 heterocycles. The van der Waals surface area contributed by atoms with Crippen molar-refractivity contribution in [2.24, 2.45) is 0 Å². The molecule has 0 spiro atoms. The molecule has 0 saturated carbocycles. The number of aryl methyl sites for hydroxylation is 2. The molecule has 0 aliphatic rings. The number of unbranched alkanes of at least 4 members (excludes halogenated alkanes) is 13. The first-order valence-electron chi connectivity index (χ1n) is 20.5. The second-order valence-electron chi connectivity index (χ2n) is 14.9. The first-order valence-corrected chi connectivity index (χ1v) is 20.5. The highest BCUT2D eigenvalue weighted by molar-refractivity contribution is 5.44. The molecule has 2 heteroatoms. The summed E-state index contributed by atoms with van der Waals surface area (Å²) < 4.78 is 0. The predicted molar refractivity (Wildman–Crippen MR) is 220 cm³/mol. The van der Waals surface area contributed by atoms with E-state index in [9.17, 15) is 0 Å². The molecule has 0 bridgehead atoms. The van der Waals surface area contributed by atoms with Crippen LogP contribution >= 0.6 is 0 Å². The van der Waals surface area contributed by atoms with E-state index < -0.39 is 0 Å². The molecule has 2 unspecified atom stereocenters. The van der Waals surface area contributed by atoms with Crippen molar-refractivity contribution in [1.82, 2.24) is 0 Å². The average Bonchev–Trinajstić information content (AvgIpc) is 3.14. The number of hydrogen-bond acceptors (Lipinski definition) is 2.